The highest BCUT2D eigenvalue weighted by molar-refractivity contribution is 7.99. The standard InChI is InChI=1S/C16H14N2O2S/c1-10-3-6-15(11(7-10)9-19)21-16-17-13-5-4-12(20-2)8-14(13)18-16/h3-9H,1-2H3,(H,17,18). The summed E-state index contributed by atoms with van der Waals surface area (Å²) in [7, 11) is 1.63. The van der Waals surface area contributed by atoms with Crippen molar-refractivity contribution in [2.45, 2.75) is 17.0 Å². The van der Waals surface area contributed by atoms with Gasteiger partial charge in [-0.15, -0.1) is 0 Å². The van der Waals surface area contributed by atoms with Crippen molar-refractivity contribution in [2.75, 3.05) is 7.11 Å². The first-order valence-corrected chi connectivity index (χ1v) is 7.28. The van der Waals surface area contributed by atoms with E-state index >= 15 is 0 Å². The molecular formula is C16H14N2O2S. The Morgan fingerprint density at radius 3 is 2.86 bits per heavy atom. The van der Waals surface area contributed by atoms with Gasteiger partial charge in [0, 0.05) is 16.5 Å². The molecule has 1 aromatic heterocycles. The maximum atomic E-state index is 11.2. The molecule has 0 saturated heterocycles. The minimum absolute atomic E-state index is 0.679. The van der Waals surface area contributed by atoms with E-state index in [0.29, 0.717) is 5.56 Å². The molecule has 0 saturated carbocycles. The lowest BCUT2D eigenvalue weighted by atomic mass is 10.2. The quantitative estimate of drug-likeness (QED) is 0.743. The Hall–Kier alpha value is -2.27. The van der Waals surface area contributed by atoms with Gasteiger partial charge < -0.3 is 9.72 Å². The minimum atomic E-state index is 0.679. The molecule has 1 N–H and O–H groups in total. The Morgan fingerprint density at radius 2 is 2.10 bits per heavy atom. The van der Waals surface area contributed by atoms with Crippen molar-refractivity contribution in [1.29, 1.82) is 0 Å². The molecular weight excluding hydrogens is 284 g/mol. The topological polar surface area (TPSA) is 55.0 Å². The second-order valence-electron chi connectivity index (χ2n) is 4.69. The van der Waals surface area contributed by atoms with Crippen LogP contribution in [0.2, 0.25) is 0 Å². The third kappa shape index (κ3) is 2.78. The average Bonchev–Trinajstić information content (AvgIpc) is 2.90. The molecule has 0 atom stereocenters. The number of aryl methyl sites for hydroxylation is 1. The molecule has 0 amide bonds. The number of methoxy groups -OCH3 is 1. The molecule has 0 aliphatic rings. The fourth-order valence-electron chi connectivity index (χ4n) is 2.10. The highest BCUT2D eigenvalue weighted by atomic mass is 32.2. The van der Waals surface area contributed by atoms with E-state index in [1.54, 1.807) is 7.11 Å². The number of benzene rings is 2. The van der Waals surface area contributed by atoms with Crippen LogP contribution in [0.1, 0.15) is 15.9 Å². The van der Waals surface area contributed by atoms with E-state index in [-0.39, 0.29) is 0 Å². The number of aromatic amines is 1. The van der Waals surface area contributed by atoms with Crippen LogP contribution in [0.25, 0.3) is 11.0 Å². The number of aldehydes is 1. The van der Waals surface area contributed by atoms with Gasteiger partial charge in [-0.3, -0.25) is 4.79 Å². The molecule has 2 aromatic carbocycles. The number of carbonyl (C=O) groups excluding carboxylic acids is 1. The zero-order valence-electron chi connectivity index (χ0n) is 11.7. The van der Waals surface area contributed by atoms with Gasteiger partial charge in [-0.1, -0.05) is 23.4 Å². The first-order valence-electron chi connectivity index (χ1n) is 6.47. The summed E-state index contributed by atoms with van der Waals surface area (Å²) >= 11 is 1.45. The smallest absolute Gasteiger partial charge is 0.171 e. The van der Waals surface area contributed by atoms with Crippen LogP contribution in [0.3, 0.4) is 0 Å². The first-order chi connectivity index (χ1) is 10.2. The van der Waals surface area contributed by atoms with Gasteiger partial charge in [0.15, 0.2) is 11.4 Å². The summed E-state index contributed by atoms with van der Waals surface area (Å²) in [5.41, 5.74) is 3.53. The van der Waals surface area contributed by atoms with Gasteiger partial charge in [-0.25, -0.2) is 4.98 Å². The summed E-state index contributed by atoms with van der Waals surface area (Å²) in [5, 5.41) is 0.755. The van der Waals surface area contributed by atoms with Crippen molar-refractivity contribution >= 4 is 29.1 Å². The van der Waals surface area contributed by atoms with E-state index in [9.17, 15) is 4.79 Å². The van der Waals surface area contributed by atoms with Crippen LogP contribution in [0, 0.1) is 6.92 Å². The van der Waals surface area contributed by atoms with Crippen LogP contribution in [-0.2, 0) is 0 Å². The summed E-state index contributed by atoms with van der Waals surface area (Å²) in [6.45, 7) is 1.97. The molecule has 21 heavy (non-hydrogen) atoms. The fourth-order valence-corrected chi connectivity index (χ4v) is 2.97. The van der Waals surface area contributed by atoms with Crippen LogP contribution in [0.5, 0.6) is 5.75 Å². The van der Waals surface area contributed by atoms with E-state index < -0.39 is 0 Å². The lowest BCUT2D eigenvalue weighted by Crippen LogP contribution is -1.87. The number of H-pyrrole nitrogens is 1. The molecule has 5 heteroatoms. The highest BCUT2D eigenvalue weighted by Gasteiger charge is 2.09. The number of ether oxygens (including phenoxy) is 1. The number of hydrogen-bond donors (Lipinski definition) is 1. The lowest BCUT2D eigenvalue weighted by molar-refractivity contribution is 0.112. The predicted octanol–water partition coefficient (Wildman–Crippen LogP) is 3.84. The summed E-state index contributed by atoms with van der Waals surface area (Å²) in [4.78, 5) is 19.8. The molecule has 3 aromatic rings. The molecule has 106 valence electrons. The van der Waals surface area contributed by atoms with Crippen molar-refractivity contribution < 1.29 is 9.53 Å². The summed E-state index contributed by atoms with van der Waals surface area (Å²) < 4.78 is 5.20. The molecule has 0 radical (unpaired) electrons. The predicted molar refractivity (Wildman–Crippen MR) is 83.3 cm³/mol. The Morgan fingerprint density at radius 1 is 1.24 bits per heavy atom. The van der Waals surface area contributed by atoms with Crippen molar-refractivity contribution in [3.8, 4) is 5.75 Å². The Kier molecular flexibility index (Phi) is 3.66. The zero-order chi connectivity index (χ0) is 14.8. The third-order valence-electron chi connectivity index (χ3n) is 3.17. The van der Waals surface area contributed by atoms with Crippen molar-refractivity contribution in [3.63, 3.8) is 0 Å². The molecule has 0 unspecified atom stereocenters. The monoisotopic (exact) mass is 298 g/mol. The number of aromatic nitrogens is 2. The Balaban J connectivity index is 1.96. The summed E-state index contributed by atoms with van der Waals surface area (Å²) in [6.07, 6.45) is 0.876. The van der Waals surface area contributed by atoms with Crippen LogP contribution in [-0.4, -0.2) is 23.4 Å². The van der Waals surface area contributed by atoms with Crippen LogP contribution >= 0.6 is 11.8 Å². The third-order valence-corrected chi connectivity index (χ3v) is 4.14. The van der Waals surface area contributed by atoms with Crippen LogP contribution in [0.15, 0.2) is 46.5 Å². The van der Waals surface area contributed by atoms with Crippen molar-refractivity contribution in [3.05, 3.63) is 47.5 Å². The Bertz CT molecular complexity index is 811. The maximum absolute atomic E-state index is 11.2. The van der Waals surface area contributed by atoms with Gasteiger partial charge in [-0.05, 0) is 31.2 Å². The molecule has 0 aliphatic heterocycles. The fraction of sp³-hybridized carbons (Fsp3) is 0.125. The first kappa shape index (κ1) is 13.7. The molecule has 3 rings (SSSR count). The normalized spacial score (nSPS) is 10.8. The summed E-state index contributed by atoms with van der Waals surface area (Å²) in [5.74, 6) is 0.784. The van der Waals surface area contributed by atoms with Gasteiger partial charge >= 0.3 is 0 Å². The van der Waals surface area contributed by atoms with Gasteiger partial charge in [0.05, 0.1) is 18.1 Å². The molecule has 0 aliphatic carbocycles. The second kappa shape index (κ2) is 5.61. The van der Waals surface area contributed by atoms with Gasteiger partial charge in [0.25, 0.3) is 0 Å². The van der Waals surface area contributed by atoms with E-state index in [4.69, 9.17) is 4.74 Å². The SMILES string of the molecule is COc1ccc2nc(Sc3ccc(C)cc3C=O)[nH]c2c1. The number of hydrogen-bond acceptors (Lipinski definition) is 4. The number of nitrogens with zero attached hydrogens (tertiary/aromatic N) is 1. The van der Waals surface area contributed by atoms with E-state index in [1.807, 2.05) is 43.3 Å². The van der Waals surface area contributed by atoms with Crippen molar-refractivity contribution in [2.24, 2.45) is 0 Å². The largest absolute Gasteiger partial charge is 0.497 e. The molecule has 1 heterocycles. The molecule has 0 bridgehead atoms. The highest BCUT2D eigenvalue weighted by Crippen LogP contribution is 2.30. The Labute approximate surface area is 126 Å². The average molecular weight is 298 g/mol. The van der Waals surface area contributed by atoms with Gasteiger partial charge in [0.1, 0.15) is 5.75 Å². The van der Waals surface area contributed by atoms with E-state index in [1.165, 1.54) is 11.8 Å². The van der Waals surface area contributed by atoms with Gasteiger partial charge in [-0.2, -0.15) is 0 Å². The number of nitrogens with one attached hydrogen (secondary N) is 1. The van der Waals surface area contributed by atoms with E-state index in [2.05, 4.69) is 9.97 Å². The molecule has 4 nitrogen and oxygen atoms in total. The zero-order valence-corrected chi connectivity index (χ0v) is 12.5. The second-order valence-corrected chi connectivity index (χ2v) is 5.72. The molecule has 0 fully saturated rings. The number of imidazole rings is 1. The van der Waals surface area contributed by atoms with Crippen molar-refractivity contribution in [1.82, 2.24) is 9.97 Å². The number of carbonyl (C=O) groups is 1. The van der Waals surface area contributed by atoms with Crippen LogP contribution < -0.4 is 4.74 Å². The van der Waals surface area contributed by atoms with E-state index in [0.717, 1.165) is 38.7 Å². The maximum Gasteiger partial charge on any atom is 0.171 e. The number of rotatable bonds is 4. The molecule has 0 spiro atoms. The number of fused-ring (bicyclic) bond motifs is 1. The summed E-state index contributed by atoms with van der Waals surface area (Å²) in [6, 6.07) is 11.5. The minimum Gasteiger partial charge on any atom is -0.497 e. The van der Waals surface area contributed by atoms with Crippen LogP contribution in [0.4, 0.5) is 0 Å². The lowest BCUT2D eigenvalue weighted by Gasteiger charge is -2.03. The van der Waals surface area contributed by atoms with Gasteiger partial charge in [0.2, 0.25) is 0 Å².